The lowest BCUT2D eigenvalue weighted by atomic mass is 10.1. The molecule has 1 heterocycles. The molecule has 1 saturated carbocycles. The number of amides is 1. The predicted octanol–water partition coefficient (Wildman–Crippen LogP) is 3.79. The first-order valence-electron chi connectivity index (χ1n) is 7.80. The molecule has 0 spiro atoms. The second kappa shape index (κ2) is 7.31. The molecule has 7 heteroatoms. The lowest BCUT2D eigenvalue weighted by Gasteiger charge is -2.10. The maximum Gasteiger partial charge on any atom is 0.237 e. The maximum atomic E-state index is 12.3. The number of hydrogen-bond acceptors (Lipinski definition) is 6. The topological polar surface area (TPSA) is 66.9 Å². The molecule has 0 unspecified atom stereocenters. The van der Waals surface area contributed by atoms with E-state index in [0.717, 1.165) is 21.6 Å². The number of hydrogen-bond donors (Lipinski definition) is 2. The summed E-state index contributed by atoms with van der Waals surface area (Å²) in [6, 6.07) is 8.52. The average molecular weight is 348 g/mol. The number of carbonyl (C=O) groups excluding carboxylic acids is 1. The van der Waals surface area contributed by atoms with Crippen LogP contribution in [0.15, 0.2) is 28.6 Å². The molecule has 5 nitrogen and oxygen atoms in total. The highest BCUT2D eigenvalue weighted by molar-refractivity contribution is 8.02. The van der Waals surface area contributed by atoms with Gasteiger partial charge in [-0.25, -0.2) is 0 Å². The number of thioether (sulfide) groups is 1. The summed E-state index contributed by atoms with van der Waals surface area (Å²) < 4.78 is 0.817. The largest absolute Gasteiger partial charge is 0.357 e. The molecule has 2 aromatic rings. The highest BCUT2D eigenvalue weighted by Crippen LogP contribution is 2.32. The fourth-order valence-corrected chi connectivity index (χ4v) is 3.96. The van der Waals surface area contributed by atoms with Gasteiger partial charge in [0.2, 0.25) is 11.0 Å². The Labute approximate surface area is 144 Å². The molecular formula is C16H20N4OS2. The van der Waals surface area contributed by atoms with Crippen molar-refractivity contribution in [1.82, 2.24) is 10.2 Å². The highest BCUT2D eigenvalue weighted by atomic mass is 32.2. The maximum absolute atomic E-state index is 12.3. The van der Waals surface area contributed by atoms with Crippen LogP contribution in [0.5, 0.6) is 0 Å². The van der Waals surface area contributed by atoms with Gasteiger partial charge in [0, 0.05) is 11.7 Å². The van der Waals surface area contributed by atoms with Crippen LogP contribution in [-0.2, 0) is 11.2 Å². The summed E-state index contributed by atoms with van der Waals surface area (Å²) in [5.74, 6) is -0.0221. The van der Waals surface area contributed by atoms with Crippen LogP contribution in [0.2, 0.25) is 0 Å². The monoisotopic (exact) mass is 348 g/mol. The van der Waals surface area contributed by atoms with Crippen molar-refractivity contribution < 1.29 is 4.79 Å². The third kappa shape index (κ3) is 4.68. The van der Waals surface area contributed by atoms with Crippen LogP contribution >= 0.6 is 23.1 Å². The minimum absolute atomic E-state index is 0.0221. The third-order valence-corrected chi connectivity index (χ3v) is 5.63. The number of anilines is 2. The van der Waals surface area contributed by atoms with Crippen molar-refractivity contribution in [1.29, 1.82) is 0 Å². The normalized spacial score (nSPS) is 15.2. The fourth-order valence-electron chi connectivity index (χ4n) is 1.99. The summed E-state index contributed by atoms with van der Waals surface area (Å²) in [6.07, 6.45) is 3.41. The molecule has 0 aliphatic heterocycles. The molecule has 1 amide bonds. The van der Waals surface area contributed by atoms with Crippen LogP contribution in [0.3, 0.4) is 0 Å². The minimum atomic E-state index is -0.220. The summed E-state index contributed by atoms with van der Waals surface area (Å²) in [5.41, 5.74) is 2.09. The van der Waals surface area contributed by atoms with E-state index in [2.05, 4.69) is 27.8 Å². The van der Waals surface area contributed by atoms with Gasteiger partial charge in [0.25, 0.3) is 0 Å². The minimum Gasteiger partial charge on any atom is -0.357 e. The van der Waals surface area contributed by atoms with Crippen molar-refractivity contribution >= 4 is 39.8 Å². The van der Waals surface area contributed by atoms with E-state index < -0.39 is 0 Å². The Hall–Kier alpha value is -1.60. The zero-order chi connectivity index (χ0) is 16.2. The first kappa shape index (κ1) is 16.3. The summed E-state index contributed by atoms with van der Waals surface area (Å²) >= 11 is 2.95. The molecule has 0 bridgehead atoms. The second-order valence-electron chi connectivity index (χ2n) is 5.59. The molecule has 2 N–H and O–H groups in total. The van der Waals surface area contributed by atoms with E-state index in [1.165, 1.54) is 41.5 Å². The molecule has 1 aromatic carbocycles. The van der Waals surface area contributed by atoms with Gasteiger partial charge >= 0.3 is 0 Å². The predicted molar refractivity (Wildman–Crippen MR) is 96.3 cm³/mol. The summed E-state index contributed by atoms with van der Waals surface area (Å²) in [4.78, 5) is 12.3. The second-order valence-corrected chi connectivity index (χ2v) is 8.16. The molecule has 1 aromatic heterocycles. The van der Waals surface area contributed by atoms with Crippen molar-refractivity contribution in [3.63, 3.8) is 0 Å². The van der Waals surface area contributed by atoms with Crippen LogP contribution in [0, 0.1) is 0 Å². The van der Waals surface area contributed by atoms with Gasteiger partial charge in [0.05, 0.1) is 5.25 Å². The van der Waals surface area contributed by atoms with Crippen LogP contribution in [-0.4, -0.2) is 27.4 Å². The van der Waals surface area contributed by atoms with E-state index in [-0.39, 0.29) is 11.2 Å². The van der Waals surface area contributed by atoms with E-state index in [9.17, 15) is 4.79 Å². The number of aromatic nitrogens is 2. The van der Waals surface area contributed by atoms with Crippen molar-refractivity contribution in [3.8, 4) is 0 Å². The Morgan fingerprint density at radius 2 is 2.09 bits per heavy atom. The van der Waals surface area contributed by atoms with E-state index >= 15 is 0 Å². The first-order valence-corrected chi connectivity index (χ1v) is 9.50. The van der Waals surface area contributed by atoms with Gasteiger partial charge in [-0.15, -0.1) is 10.2 Å². The van der Waals surface area contributed by atoms with Gasteiger partial charge in [-0.2, -0.15) is 0 Å². The van der Waals surface area contributed by atoms with Crippen LogP contribution < -0.4 is 10.6 Å². The van der Waals surface area contributed by atoms with Gasteiger partial charge in [0.15, 0.2) is 4.34 Å². The summed E-state index contributed by atoms with van der Waals surface area (Å²) in [6.45, 7) is 4.00. The Kier molecular flexibility index (Phi) is 5.17. The van der Waals surface area contributed by atoms with Gasteiger partial charge in [0.1, 0.15) is 0 Å². The molecule has 3 rings (SSSR count). The molecule has 1 atom stereocenters. The number of carbonyl (C=O) groups is 1. The molecule has 122 valence electrons. The number of rotatable bonds is 7. The molecular weight excluding hydrogens is 328 g/mol. The molecule has 1 aliphatic rings. The molecule has 1 fully saturated rings. The zero-order valence-electron chi connectivity index (χ0n) is 13.2. The number of nitrogens with zero attached hydrogens (tertiary/aromatic N) is 2. The number of nitrogens with one attached hydrogen (secondary N) is 2. The van der Waals surface area contributed by atoms with Crippen molar-refractivity contribution in [3.05, 3.63) is 29.8 Å². The summed E-state index contributed by atoms with van der Waals surface area (Å²) in [5, 5.41) is 15.1. The lowest BCUT2D eigenvalue weighted by molar-refractivity contribution is -0.115. The SMILES string of the molecule is CCc1ccc(NC(=O)[C@@H](C)Sc2nnc(NC3CC3)s2)cc1. The Balaban J connectivity index is 1.52. The van der Waals surface area contributed by atoms with Gasteiger partial charge in [-0.3, -0.25) is 4.79 Å². The molecule has 23 heavy (non-hydrogen) atoms. The van der Waals surface area contributed by atoms with E-state index in [1.807, 2.05) is 31.2 Å². The van der Waals surface area contributed by atoms with Crippen LogP contribution in [0.4, 0.5) is 10.8 Å². The average Bonchev–Trinajstić information content (AvgIpc) is 3.26. The number of benzene rings is 1. The van der Waals surface area contributed by atoms with Gasteiger partial charge in [-0.1, -0.05) is 42.2 Å². The highest BCUT2D eigenvalue weighted by Gasteiger charge is 2.23. The lowest BCUT2D eigenvalue weighted by Crippen LogP contribution is -2.22. The Morgan fingerprint density at radius 1 is 1.35 bits per heavy atom. The van der Waals surface area contributed by atoms with E-state index in [1.54, 1.807) is 0 Å². The first-order chi connectivity index (χ1) is 11.1. The van der Waals surface area contributed by atoms with Crippen LogP contribution in [0.1, 0.15) is 32.3 Å². The quantitative estimate of drug-likeness (QED) is 0.745. The molecule has 0 radical (unpaired) electrons. The van der Waals surface area contributed by atoms with E-state index in [4.69, 9.17) is 0 Å². The third-order valence-electron chi connectivity index (χ3n) is 3.59. The fraction of sp³-hybridized carbons (Fsp3) is 0.438. The molecule has 0 saturated heterocycles. The standard InChI is InChI=1S/C16H20N4OS2/c1-3-11-4-6-12(7-5-11)17-14(21)10(2)22-16-20-19-15(23-16)18-13-8-9-13/h4-7,10,13H,3,8-9H2,1-2H3,(H,17,21)(H,18,19)/t10-/m1/s1. The Morgan fingerprint density at radius 3 is 2.74 bits per heavy atom. The zero-order valence-corrected chi connectivity index (χ0v) is 14.8. The Bertz CT molecular complexity index is 667. The van der Waals surface area contributed by atoms with Crippen molar-refractivity contribution in [2.45, 2.75) is 48.7 Å². The smallest absolute Gasteiger partial charge is 0.237 e. The number of aryl methyl sites for hydroxylation is 1. The van der Waals surface area contributed by atoms with Crippen molar-refractivity contribution in [2.24, 2.45) is 0 Å². The van der Waals surface area contributed by atoms with Crippen LogP contribution in [0.25, 0.3) is 0 Å². The van der Waals surface area contributed by atoms with Gasteiger partial charge < -0.3 is 10.6 Å². The van der Waals surface area contributed by atoms with E-state index in [0.29, 0.717) is 6.04 Å². The van der Waals surface area contributed by atoms with Crippen molar-refractivity contribution in [2.75, 3.05) is 10.6 Å². The summed E-state index contributed by atoms with van der Waals surface area (Å²) in [7, 11) is 0. The van der Waals surface area contributed by atoms with Gasteiger partial charge in [-0.05, 0) is 43.9 Å². The molecule has 1 aliphatic carbocycles.